The predicted molar refractivity (Wildman–Crippen MR) is 71.6 cm³/mol. The molecule has 0 aromatic heterocycles. The van der Waals surface area contributed by atoms with Crippen molar-refractivity contribution in [3.05, 3.63) is 0 Å². The first-order valence-electron chi connectivity index (χ1n) is 7.29. The molecule has 0 aromatic carbocycles. The molecule has 0 spiro atoms. The van der Waals surface area contributed by atoms with Crippen molar-refractivity contribution in [1.29, 1.82) is 0 Å². The van der Waals surface area contributed by atoms with Crippen LogP contribution in [0.5, 0.6) is 0 Å². The summed E-state index contributed by atoms with van der Waals surface area (Å²) in [6, 6.07) is 0.848. The standard InChI is InChI=1S/C14H24N2O3/c1-19-14(18)10-16(12-4-2-3-5-12)9-8-13(17)15-11-6-7-11/h11-12H,2-10H2,1H3,(H,15,17). The molecule has 2 saturated carbocycles. The molecule has 5 nitrogen and oxygen atoms in total. The van der Waals surface area contributed by atoms with Crippen LogP contribution in [0.3, 0.4) is 0 Å². The highest BCUT2D eigenvalue weighted by molar-refractivity contribution is 5.77. The van der Waals surface area contributed by atoms with Gasteiger partial charge in [-0.05, 0) is 25.7 Å². The molecule has 0 aromatic rings. The van der Waals surface area contributed by atoms with Gasteiger partial charge in [-0.1, -0.05) is 12.8 Å². The third-order valence-corrected chi connectivity index (χ3v) is 3.97. The van der Waals surface area contributed by atoms with Crippen LogP contribution in [-0.4, -0.2) is 49.1 Å². The van der Waals surface area contributed by atoms with Crippen molar-refractivity contribution < 1.29 is 14.3 Å². The Kier molecular flexibility index (Phi) is 5.19. The second-order valence-corrected chi connectivity index (χ2v) is 5.58. The van der Waals surface area contributed by atoms with Crippen LogP contribution in [0.2, 0.25) is 0 Å². The molecule has 0 bridgehead atoms. The van der Waals surface area contributed by atoms with Crippen molar-refractivity contribution in [2.24, 2.45) is 0 Å². The summed E-state index contributed by atoms with van der Waals surface area (Å²) in [7, 11) is 1.41. The average Bonchev–Trinajstić information content (AvgIpc) is 3.05. The molecule has 2 rings (SSSR count). The van der Waals surface area contributed by atoms with E-state index >= 15 is 0 Å². The first-order chi connectivity index (χ1) is 9.19. The number of amides is 1. The number of hydrogen-bond acceptors (Lipinski definition) is 4. The minimum atomic E-state index is -0.213. The van der Waals surface area contributed by atoms with Gasteiger partial charge in [-0.3, -0.25) is 14.5 Å². The van der Waals surface area contributed by atoms with Crippen LogP contribution in [0.4, 0.5) is 0 Å². The quantitative estimate of drug-likeness (QED) is 0.702. The van der Waals surface area contributed by atoms with Gasteiger partial charge in [0.1, 0.15) is 0 Å². The molecule has 1 N–H and O–H groups in total. The molecule has 2 fully saturated rings. The van der Waals surface area contributed by atoms with E-state index < -0.39 is 0 Å². The summed E-state index contributed by atoms with van der Waals surface area (Å²) in [6.07, 6.45) is 7.39. The third-order valence-electron chi connectivity index (χ3n) is 3.97. The van der Waals surface area contributed by atoms with E-state index in [1.54, 1.807) is 0 Å². The number of hydrogen-bond donors (Lipinski definition) is 1. The molecule has 0 aliphatic heterocycles. The Bertz CT molecular complexity index is 323. The van der Waals surface area contributed by atoms with Crippen LogP contribution in [-0.2, 0) is 14.3 Å². The third kappa shape index (κ3) is 4.82. The molecule has 0 unspecified atom stereocenters. The maximum atomic E-state index is 11.7. The highest BCUT2D eigenvalue weighted by Crippen LogP contribution is 2.23. The van der Waals surface area contributed by atoms with Crippen LogP contribution in [0.1, 0.15) is 44.9 Å². The molecule has 108 valence electrons. The van der Waals surface area contributed by atoms with E-state index in [0.29, 0.717) is 31.6 Å². The number of methoxy groups -OCH3 is 1. The molecule has 2 aliphatic carbocycles. The lowest BCUT2D eigenvalue weighted by atomic mass is 10.2. The molecule has 2 aliphatic rings. The Morgan fingerprint density at radius 1 is 1.21 bits per heavy atom. The van der Waals surface area contributed by atoms with Crippen LogP contribution in [0.15, 0.2) is 0 Å². The van der Waals surface area contributed by atoms with Crippen molar-refractivity contribution in [2.45, 2.75) is 57.0 Å². The lowest BCUT2D eigenvalue weighted by Gasteiger charge is -2.27. The number of carbonyl (C=O) groups excluding carboxylic acids is 2. The summed E-state index contributed by atoms with van der Waals surface area (Å²) in [5.41, 5.74) is 0. The average molecular weight is 268 g/mol. The monoisotopic (exact) mass is 268 g/mol. The molecule has 5 heteroatoms. The number of carbonyl (C=O) groups is 2. The second-order valence-electron chi connectivity index (χ2n) is 5.58. The Hall–Kier alpha value is -1.10. The maximum absolute atomic E-state index is 11.7. The SMILES string of the molecule is COC(=O)CN(CCC(=O)NC1CC1)C1CCCC1. The van der Waals surface area contributed by atoms with Crippen molar-refractivity contribution in [3.8, 4) is 0 Å². The highest BCUT2D eigenvalue weighted by atomic mass is 16.5. The van der Waals surface area contributed by atoms with E-state index in [4.69, 9.17) is 4.74 Å². The van der Waals surface area contributed by atoms with Crippen LogP contribution < -0.4 is 5.32 Å². The summed E-state index contributed by atoms with van der Waals surface area (Å²) < 4.78 is 4.74. The van der Waals surface area contributed by atoms with E-state index in [1.807, 2.05) is 0 Å². The number of ether oxygens (including phenoxy) is 1. The molecular formula is C14H24N2O3. The van der Waals surface area contributed by atoms with Gasteiger partial charge in [-0.25, -0.2) is 0 Å². The Morgan fingerprint density at radius 2 is 1.89 bits per heavy atom. The normalized spacial score (nSPS) is 19.7. The van der Waals surface area contributed by atoms with Crippen molar-refractivity contribution >= 4 is 11.9 Å². The van der Waals surface area contributed by atoms with E-state index in [0.717, 1.165) is 25.7 Å². The van der Waals surface area contributed by atoms with Gasteiger partial charge in [0, 0.05) is 25.0 Å². The van der Waals surface area contributed by atoms with Crippen molar-refractivity contribution in [1.82, 2.24) is 10.2 Å². The number of esters is 1. The fraction of sp³-hybridized carbons (Fsp3) is 0.857. The molecule has 0 heterocycles. The molecular weight excluding hydrogens is 244 g/mol. The lowest BCUT2D eigenvalue weighted by molar-refractivity contribution is -0.142. The van der Waals surface area contributed by atoms with Gasteiger partial charge in [-0.2, -0.15) is 0 Å². The van der Waals surface area contributed by atoms with Crippen LogP contribution in [0, 0.1) is 0 Å². The van der Waals surface area contributed by atoms with Crippen molar-refractivity contribution in [2.75, 3.05) is 20.2 Å². The molecule has 0 radical (unpaired) electrons. The van der Waals surface area contributed by atoms with Gasteiger partial charge < -0.3 is 10.1 Å². The van der Waals surface area contributed by atoms with Gasteiger partial charge in [0.15, 0.2) is 0 Å². The molecule has 1 amide bonds. The highest BCUT2D eigenvalue weighted by Gasteiger charge is 2.26. The van der Waals surface area contributed by atoms with Gasteiger partial charge in [0.05, 0.1) is 13.7 Å². The summed E-state index contributed by atoms with van der Waals surface area (Å²) in [5.74, 6) is -0.107. The van der Waals surface area contributed by atoms with Gasteiger partial charge in [-0.15, -0.1) is 0 Å². The summed E-state index contributed by atoms with van der Waals surface area (Å²) in [6.45, 7) is 0.955. The largest absolute Gasteiger partial charge is 0.468 e. The minimum absolute atomic E-state index is 0.107. The zero-order valence-corrected chi connectivity index (χ0v) is 11.7. The van der Waals surface area contributed by atoms with E-state index in [9.17, 15) is 9.59 Å². The smallest absolute Gasteiger partial charge is 0.319 e. The summed E-state index contributed by atoms with van der Waals surface area (Å²) >= 11 is 0. The Balaban J connectivity index is 1.77. The fourth-order valence-electron chi connectivity index (χ4n) is 2.66. The van der Waals surface area contributed by atoms with Crippen LogP contribution in [0.25, 0.3) is 0 Å². The van der Waals surface area contributed by atoms with E-state index in [1.165, 1.54) is 20.0 Å². The zero-order chi connectivity index (χ0) is 13.7. The summed E-state index contributed by atoms with van der Waals surface area (Å²) in [5, 5.41) is 2.99. The first kappa shape index (κ1) is 14.3. The number of nitrogens with one attached hydrogen (secondary N) is 1. The molecule has 19 heavy (non-hydrogen) atoms. The first-order valence-corrected chi connectivity index (χ1v) is 7.29. The van der Waals surface area contributed by atoms with E-state index in [-0.39, 0.29) is 11.9 Å². The lowest BCUT2D eigenvalue weighted by Crippen LogP contribution is -2.40. The van der Waals surface area contributed by atoms with Gasteiger partial charge in [0.25, 0.3) is 0 Å². The second kappa shape index (κ2) is 6.89. The topological polar surface area (TPSA) is 58.6 Å². The van der Waals surface area contributed by atoms with Gasteiger partial charge >= 0.3 is 5.97 Å². The zero-order valence-electron chi connectivity index (χ0n) is 11.7. The minimum Gasteiger partial charge on any atom is -0.468 e. The van der Waals surface area contributed by atoms with Crippen LogP contribution >= 0.6 is 0 Å². The maximum Gasteiger partial charge on any atom is 0.319 e. The predicted octanol–water partition coefficient (Wildman–Crippen LogP) is 1.07. The van der Waals surface area contributed by atoms with E-state index in [2.05, 4.69) is 10.2 Å². The fourth-order valence-corrected chi connectivity index (χ4v) is 2.66. The Labute approximate surface area is 114 Å². The molecule has 0 saturated heterocycles. The summed E-state index contributed by atoms with van der Waals surface area (Å²) in [4.78, 5) is 25.3. The van der Waals surface area contributed by atoms with Crippen molar-refractivity contribution in [3.63, 3.8) is 0 Å². The number of rotatable bonds is 7. The number of nitrogens with zero attached hydrogens (tertiary/aromatic N) is 1. The van der Waals surface area contributed by atoms with Gasteiger partial charge in [0.2, 0.25) is 5.91 Å². The Morgan fingerprint density at radius 3 is 2.47 bits per heavy atom. The molecule has 0 atom stereocenters.